The summed E-state index contributed by atoms with van der Waals surface area (Å²) in [6, 6.07) is 9.07. The molecule has 2 heterocycles. The van der Waals surface area contributed by atoms with Gasteiger partial charge in [-0.1, -0.05) is 6.92 Å². The van der Waals surface area contributed by atoms with Gasteiger partial charge in [0, 0.05) is 17.3 Å². The molecule has 0 fully saturated rings. The molecule has 0 saturated carbocycles. The van der Waals surface area contributed by atoms with E-state index in [2.05, 4.69) is 29.9 Å². The normalized spacial score (nSPS) is 12.4. The number of ether oxygens (including phenoxy) is 2. The van der Waals surface area contributed by atoms with Gasteiger partial charge in [0.15, 0.2) is 11.4 Å². The summed E-state index contributed by atoms with van der Waals surface area (Å²) < 4.78 is 11.6. The highest BCUT2D eigenvalue weighted by molar-refractivity contribution is 7.15. The third-order valence-electron chi connectivity index (χ3n) is 4.68. The van der Waals surface area contributed by atoms with Crippen molar-refractivity contribution in [3.8, 4) is 22.2 Å². The molecule has 1 unspecified atom stereocenters. The summed E-state index contributed by atoms with van der Waals surface area (Å²) >= 11 is 1.63. The van der Waals surface area contributed by atoms with Crippen LogP contribution in [0.1, 0.15) is 49.8 Å². The SMILES string of the molecule is CCc1cnc(-c2cc(C)c(C(C)Oc3ccc(OC(C)(C)C(=O)O)cc3)s2)nc1. The number of hydrogen-bond acceptors (Lipinski definition) is 6. The summed E-state index contributed by atoms with van der Waals surface area (Å²) in [6.45, 7) is 9.16. The fourth-order valence-electron chi connectivity index (χ4n) is 2.86. The Hall–Kier alpha value is -2.93. The Bertz CT molecular complexity index is 1010. The molecule has 0 radical (unpaired) electrons. The highest BCUT2D eigenvalue weighted by atomic mass is 32.1. The van der Waals surface area contributed by atoms with E-state index in [1.54, 1.807) is 35.6 Å². The van der Waals surface area contributed by atoms with Crippen LogP contribution in [0.15, 0.2) is 42.7 Å². The molecule has 6 nitrogen and oxygen atoms in total. The number of carbonyl (C=O) groups is 1. The number of nitrogens with zero attached hydrogens (tertiary/aromatic N) is 2. The minimum Gasteiger partial charge on any atom is -0.485 e. The first-order valence-electron chi connectivity index (χ1n) is 9.80. The highest BCUT2D eigenvalue weighted by Gasteiger charge is 2.29. The summed E-state index contributed by atoms with van der Waals surface area (Å²) in [4.78, 5) is 22.3. The standard InChI is InChI=1S/C23H26N2O4S/c1-6-16-12-24-21(25-13-16)19-11-14(2)20(30-19)15(3)28-17-7-9-18(10-8-17)29-23(4,5)22(26)27/h7-13,15H,6H2,1-5H3,(H,26,27). The van der Waals surface area contributed by atoms with E-state index in [0.717, 1.165) is 33.1 Å². The molecular formula is C23H26N2O4S. The molecule has 0 aliphatic carbocycles. The van der Waals surface area contributed by atoms with Crippen molar-refractivity contribution in [1.82, 2.24) is 9.97 Å². The molecule has 0 aliphatic heterocycles. The molecule has 0 amide bonds. The molecule has 0 bridgehead atoms. The van der Waals surface area contributed by atoms with Crippen LogP contribution in [-0.4, -0.2) is 26.6 Å². The Morgan fingerprint density at radius 3 is 2.33 bits per heavy atom. The van der Waals surface area contributed by atoms with Crippen LogP contribution in [0.2, 0.25) is 0 Å². The summed E-state index contributed by atoms with van der Waals surface area (Å²) in [5.41, 5.74) is 0.953. The Morgan fingerprint density at radius 1 is 1.17 bits per heavy atom. The van der Waals surface area contributed by atoms with Crippen molar-refractivity contribution in [2.45, 2.75) is 52.7 Å². The van der Waals surface area contributed by atoms with Crippen molar-refractivity contribution < 1.29 is 19.4 Å². The van der Waals surface area contributed by atoms with Gasteiger partial charge >= 0.3 is 5.97 Å². The molecule has 3 rings (SSSR count). The first-order chi connectivity index (χ1) is 14.2. The lowest BCUT2D eigenvalue weighted by Gasteiger charge is -2.21. The molecule has 1 aromatic carbocycles. The number of rotatable bonds is 8. The van der Waals surface area contributed by atoms with Gasteiger partial charge < -0.3 is 14.6 Å². The number of thiophene rings is 1. The van der Waals surface area contributed by atoms with Crippen LogP contribution in [0.4, 0.5) is 0 Å². The molecule has 3 aromatic rings. The predicted octanol–water partition coefficient (Wildman–Crippen LogP) is 5.46. The van der Waals surface area contributed by atoms with Gasteiger partial charge in [0.1, 0.15) is 17.6 Å². The second-order valence-corrected chi connectivity index (χ2v) is 8.66. The number of aryl methyl sites for hydroxylation is 2. The van der Waals surface area contributed by atoms with Crippen LogP contribution in [0.5, 0.6) is 11.5 Å². The van der Waals surface area contributed by atoms with Crippen molar-refractivity contribution in [1.29, 1.82) is 0 Å². The van der Waals surface area contributed by atoms with Crippen molar-refractivity contribution >= 4 is 17.3 Å². The maximum Gasteiger partial charge on any atom is 0.347 e. The minimum atomic E-state index is -1.29. The highest BCUT2D eigenvalue weighted by Crippen LogP contribution is 2.35. The Kier molecular flexibility index (Phi) is 6.41. The predicted molar refractivity (Wildman–Crippen MR) is 117 cm³/mol. The average molecular weight is 427 g/mol. The van der Waals surface area contributed by atoms with Gasteiger partial charge in [0.25, 0.3) is 0 Å². The maximum atomic E-state index is 11.2. The van der Waals surface area contributed by atoms with Crippen molar-refractivity contribution in [3.63, 3.8) is 0 Å². The Labute approximate surface area is 180 Å². The van der Waals surface area contributed by atoms with E-state index in [1.807, 2.05) is 19.3 Å². The maximum absolute atomic E-state index is 11.2. The summed E-state index contributed by atoms with van der Waals surface area (Å²) in [5, 5.41) is 9.18. The second kappa shape index (κ2) is 8.83. The van der Waals surface area contributed by atoms with E-state index in [4.69, 9.17) is 9.47 Å². The molecule has 0 saturated heterocycles. The largest absolute Gasteiger partial charge is 0.485 e. The topological polar surface area (TPSA) is 81.5 Å². The van der Waals surface area contributed by atoms with Crippen LogP contribution in [0.25, 0.3) is 10.7 Å². The molecular weight excluding hydrogens is 400 g/mol. The van der Waals surface area contributed by atoms with Crippen LogP contribution in [0, 0.1) is 6.92 Å². The van der Waals surface area contributed by atoms with Gasteiger partial charge in [-0.05, 0) is 75.6 Å². The molecule has 1 N–H and O–H groups in total. The monoisotopic (exact) mass is 426 g/mol. The van der Waals surface area contributed by atoms with E-state index in [9.17, 15) is 9.90 Å². The van der Waals surface area contributed by atoms with E-state index >= 15 is 0 Å². The van der Waals surface area contributed by atoms with Gasteiger partial charge in [-0.2, -0.15) is 0 Å². The van der Waals surface area contributed by atoms with Gasteiger partial charge in [-0.15, -0.1) is 11.3 Å². The molecule has 2 aromatic heterocycles. The molecule has 0 aliphatic rings. The first kappa shape index (κ1) is 21.8. The van der Waals surface area contributed by atoms with Crippen LogP contribution in [-0.2, 0) is 11.2 Å². The van der Waals surface area contributed by atoms with Crippen LogP contribution >= 0.6 is 11.3 Å². The summed E-state index contributed by atoms with van der Waals surface area (Å²) in [7, 11) is 0. The zero-order chi connectivity index (χ0) is 21.9. The number of aromatic nitrogens is 2. The number of aliphatic carboxylic acids is 1. The van der Waals surface area contributed by atoms with Crippen LogP contribution in [0.3, 0.4) is 0 Å². The number of hydrogen-bond donors (Lipinski definition) is 1. The zero-order valence-corrected chi connectivity index (χ0v) is 18.6. The average Bonchev–Trinajstić information content (AvgIpc) is 3.11. The Balaban J connectivity index is 1.70. The van der Waals surface area contributed by atoms with E-state index < -0.39 is 11.6 Å². The summed E-state index contributed by atoms with van der Waals surface area (Å²) in [5.74, 6) is 0.862. The lowest BCUT2D eigenvalue weighted by molar-refractivity contribution is -0.152. The van der Waals surface area contributed by atoms with Crippen LogP contribution < -0.4 is 9.47 Å². The van der Waals surface area contributed by atoms with Gasteiger partial charge in [-0.25, -0.2) is 14.8 Å². The molecule has 7 heteroatoms. The van der Waals surface area contributed by atoms with Crippen molar-refractivity contribution in [3.05, 3.63) is 58.7 Å². The van der Waals surface area contributed by atoms with Crippen molar-refractivity contribution in [2.24, 2.45) is 0 Å². The van der Waals surface area contributed by atoms with Gasteiger partial charge in [0.05, 0.1) is 4.88 Å². The van der Waals surface area contributed by atoms with E-state index in [1.165, 1.54) is 13.8 Å². The third-order valence-corrected chi connectivity index (χ3v) is 6.08. The smallest absolute Gasteiger partial charge is 0.347 e. The zero-order valence-electron chi connectivity index (χ0n) is 17.8. The second-order valence-electron chi connectivity index (χ2n) is 7.58. The van der Waals surface area contributed by atoms with Crippen molar-refractivity contribution in [2.75, 3.05) is 0 Å². The lowest BCUT2D eigenvalue weighted by Crippen LogP contribution is -2.37. The minimum absolute atomic E-state index is 0.152. The quantitative estimate of drug-likeness (QED) is 0.515. The summed E-state index contributed by atoms with van der Waals surface area (Å²) in [6.07, 6.45) is 4.50. The fraction of sp³-hybridized carbons (Fsp3) is 0.348. The third kappa shape index (κ3) is 4.97. The number of benzene rings is 1. The first-order valence-corrected chi connectivity index (χ1v) is 10.6. The molecule has 158 valence electrons. The lowest BCUT2D eigenvalue weighted by atomic mass is 10.1. The van der Waals surface area contributed by atoms with Gasteiger partial charge in [-0.3, -0.25) is 0 Å². The molecule has 30 heavy (non-hydrogen) atoms. The Morgan fingerprint density at radius 2 is 1.77 bits per heavy atom. The number of carboxylic acids is 1. The molecule has 1 atom stereocenters. The van der Waals surface area contributed by atoms with E-state index in [-0.39, 0.29) is 6.10 Å². The van der Waals surface area contributed by atoms with Gasteiger partial charge in [0.2, 0.25) is 0 Å². The number of carboxylic acid groups (broad SMARTS) is 1. The van der Waals surface area contributed by atoms with E-state index in [0.29, 0.717) is 11.5 Å². The molecule has 0 spiro atoms. The fourth-order valence-corrected chi connectivity index (χ4v) is 3.96.